The van der Waals surface area contributed by atoms with E-state index in [0.717, 1.165) is 22.3 Å². The standard InChI is InChI=1S/C27H32N2O5/c1-4-9-23(24(30)29-14-17(2)27(3,16-29)25(31)32)28-26(33)34-15-22-20-12-7-5-10-18(20)19-11-6-8-13-21(19)22/h5-8,10-13,17,22-23H,4,9,14-16H2,1-3H3,(H,28,33)(H,31,32)/t17-,23+,27-/m1/s1. The highest BCUT2D eigenvalue weighted by atomic mass is 16.5. The average Bonchev–Trinajstić information content (AvgIpc) is 3.32. The SMILES string of the molecule is CCC[C@H](NC(=O)OCC1c2ccccc2-c2ccccc21)C(=O)N1C[C@@H](C)[C@](C)(C(=O)O)C1. The molecule has 0 spiro atoms. The van der Waals surface area contributed by atoms with Crippen molar-refractivity contribution in [3.05, 3.63) is 59.7 Å². The van der Waals surface area contributed by atoms with Crippen molar-refractivity contribution in [1.82, 2.24) is 10.2 Å². The van der Waals surface area contributed by atoms with Gasteiger partial charge in [-0.05, 0) is 41.5 Å². The second-order valence-corrected chi connectivity index (χ2v) is 9.65. The molecule has 2 N–H and O–H groups in total. The summed E-state index contributed by atoms with van der Waals surface area (Å²) in [7, 11) is 0. The van der Waals surface area contributed by atoms with Gasteiger partial charge in [-0.15, -0.1) is 0 Å². The summed E-state index contributed by atoms with van der Waals surface area (Å²) in [5, 5.41) is 12.4. The Morgan fingerprint density at radius 3 is 2.24 bits per heavy atom. The Balaban J connectivity index is 1.41. The number of ether oxygens (including phenoxy) is 1. The van der Waals surface area contributed by atoms with E-state index in [-0.39, 0.29) is 30.9 Å². The molecule has 34 heavy (non-hydrogen) atoms. The number of amides is 2. The van der Waals surface area contributed by atoms with Crippen molar-refractivity contribution in [2.75, 3.05) is 19.7 Å². The number of carbonyl (C=O) groups is 3. The molecule has 1 heterocycles. The van der Waals surface area contributed by atoms with Crippen LogP contribution in [0.1, 0.15) is 50.7 Å². The molecule has 2 aliphatic rings. The van der Waals surface area contributed by atoms with Gasteiger partial charge in [0.2, 0.25) is 5.91 Å². The largest absolute Gasteiger partial charge is 0.481 e. The van der Waals surface area contributed by atoms with Gasteiger partial charge in [0.25, 0.3) is 0 Å². The number of carboxylic acid groups (broad SMARTS) is 1. The number of hydrogen-bond donors (Lipinski definition) is 2. The molecule has 2 aromatic carbocycles. The molecule has 0 saturated carbocycles. The van der Waals surface area contributed by atoms with Crippen molar-refractivity contribution in [3.63, 3.8) is 0 Å². The van der Waals surface area contributed by atoms with Gasteiger partial charge in [-0.25, -0.2) is 4.79 Å². The summed E-state index contributed by atoms with van der Waals surface area (Å²) in [6.07, 6.45) is 0.513. The summed E-state index contributed by atoms with van der Waals surface area (Å²) in [5.41, 5.74) is 3.55. The first-order valence-electron chi connectivity index (χ1n) is 11.9. The third kappa shape index (κ3) is 4.27. The van der Waals surface area contributed by atoms with E-state index in [1.165, 1.54) is 0 Å². The van der Waals surface area contributed by atoms with E-state index >= 15 is 0 Å². The van der Waals surface area contributed by atoms with Gasteiger partial charge in [0.1, 0.15) is 12.6 Å². The average molecular weight is 465 g/mol. The number of aliphatic carboxylic acids is 1. The van der Waals surface area contributed by atoms with E-state index in [1.807, 2.05) is 38.1 Å². The Morgan fingerprint density at radius 2 is 1.71 bits per heavy atom. The highest BCUT2D eigenvalue weighted by Crippen LogP contribution is 2.44. The molecule has 1 saturated heterocycles. The second-order valence-electron chi connectivity index (χ2n) is 9.65. The van der Waals surface area contributed by atoms with E-state index in [0.29, 0.717) is 19.4 Å². The third-order valence-electron chi connectivity index (χ3n) is 7.41. The molecule has 1 aliphatic heterocycles. The van der Waals surface area contributed by atoms with Crippen LogP contribution >= 0.6 is 0 Å². The zero-order valence-electron chi connectivity index (χ0n) is 19.9. The highest BCUT2D eigenvalue weighted by Gasteiger charge is 2.48. The van der Waals surface area contributed by atoms with Crippen LogP contribution in [0.3, 0.4) is 0 Å². The van der Waals surface area contributed by atoms with Gasteiger partial charge in [0, 0.05) is 19.0 Å². The minimum absolute atomic E-state index is 0.0609. The van der Waals surface area contributed by atoms with Gasteiger partial charge in [0.05, 0.1) is 5.41 Å². The van der Waals surface area contributed by atoms with Gasteiger partial charge in [-0.2, -0.15) is 0 Å². The van der Waals surface area contributed by atoms with E-state index in [4.69, 9.17) is 4.74 Å². The van der Waals surface area contributed by atoms with Gasteiger partial charge in [-0.3, -0.25) is 9.59 Å². The molecule has 4 rings (SSSR count). The van der Waals surface area contributed by atoms with Crippen molar-refractivity contribution in [2.45, 2.75) is 45.6 Å². The van der Waals surface area contributed by atoms with E-state index in [2.05, 4.69) is 29.6 Å². The topological polar surface area (TPSA) is 95.9 Å². The number of nitrogens with zero attached hydrogens (tertiary/aromatic N) is 1. The maximum Gasteiger partial charge on any atom is 0.407 e. The fourth-order valence-electron chi connectivity index (χ4n) is 5.14. The molecule has 0 aromatic heterocycles. The number of rotatable bonds is 7. The van der Waals surface area contributed by atoms with Crippen LogP contribution in [-0.4, -0.2) is 53.7 Å². The zero-order valence-corrected chi connectivity index (χ0v) is 19.9. The van der Waals surface area contributed by atoms with Gasteiger partial charge in [0.15, 0.2) is 0 Å². The lowest BCUT2D eigenvalue weighted by Gasteiger charge is -2.25. The van der Waals surface area contributed by atoms with Crippen molar-refractivity contribution in [3.8, 4) is 11.1 Å². The van der Waals surface area contributed by atoms with E-state index in [1.54, 1.807) is 11.8 Å². The third-order valence-corrected chi connectivity index (χ3v) is 7.41. The Labute approximate surface area is 200 Å². The van der Waals surface area contributed by atoms with Crippen molar-refractivity contribution in [2.24, 2.45) is 11.3 Å². The molecule has 0 unspecified atom stereocenters. The fraction of sp³-hybridized carbons (Fsp3) is 0.444. The smallest absolute Gasteiger partial charge is 0.407 e. The fourth-order valence-corrected chi connectivity index (χ4v) is 5.14. The van der Waals surface area contributed by atoms with E-state index < -0.39 is 23.5 Å². The normalized spacial score (nSPS) is 22.1. The molecular formula is C27H32N2O5. The number of fused-ring (bicyclic) bond motifs is 3. The monoisotopic (exact) mass is 464 g/mol. The lowest BCUT2D eigenvalue weighted by Crippen LogP contribution is -2.49. The summed E-state index contributed by atoms with van der Waals surface area (Å²) in [6.45, 7) is 6.11. The molecule has 7 heteroatoms. The van der Waals surface area contributed by atoms with Gasteiger partial charge < -0.3 is 20.1 Å². The van der Waals surface area contributed by atoms with Crippen LogP contribution in [0, 0.1) is 11.3 Å². The predicted molar refractivity (Wildman–Crippen MR) is 128 cm³/mol. The lowest BCUT2D eigenvalue weighted by atomic mass is 9.81. The molecule has 2 aromatic rings. The number of carbonyl (C=O) groups excluding carboxylic acids is 2. The van der Waals surface area contributed by atoms with Crippen LogP contribution in [0.5, 0.6) is 0 Å². The minimum atomic E-state index is -0.990. The number of benzene rings is 2. The van der Waals surface area contributed by atoms with E-state index in [9.17, 15) is 19.5 Å². The number of carboxylic acids is 1. The van der Waals surface area contributed by atoms with Crippen molar-refractivity contribution in [1.29, 1.82) is 0 Å². The number of hydrogen-bond acceptors (Lipinski definition) is 4. The van der Waals surface area contributed by atoms with Crippen molar-refractivity contribution < 1.29 is 24.2 Å². The van der Waals surface area contributed by atoms with Crippen molar-refractivity contribution >= 4 is 18.0 Å². The number of alkyl carbamates (subject to hydrolysis) is 1. The van der Waals surface area contributed by atoms with Crippen LogP contribution < -0.4 is 5.32 Å². The molecule has 0 bridgehead atoms. The summed E-state index contributed by atoms with van der Waals surface area (Å²) in [6, 6.07) is 15.5. The molecule has 1 fully saturated rings. The first-order valence-corrected chi connectivity index (χ1v) is 11.9. The quantitative estimate of drug-likeness (QED) is 0.638. The Hall–Kier alpha value is -3.35. The van der Waals surface area contributed by atoms with Gasteiger partial charge >= 0.3 is 12.1 Å². The Kier molecular flexibility index (Phi) is 6.64. The first kappa shape index (κ1) is 23.8. The summed E-state index contributed by atoms with van der Waals surface area (Å²) < 4.78 is 5.61. The molecule has 7 nitrogen and oxygen atoms in total. The first-order chi connectivity index (χ1) is 16.3. The van der Waals surface area contributed by atoms with Gasteiger partial charge in [-0.1, -0.05) is 68.8 Å². The van der Waals surface area contributed by atoms with Crippen LogP contribution in [-0.2, 0) is 14.3 Å². The Morgan fingerprint density at radius 1 is 1.12 bits per heavy atom. The Bertz CT molecular complexity index is 1050. The predicted octanol–water partition coefficient (Wildman–Crippen LogP) is 4.26. The molecule has 1 aliphatic carbocycles. The van der Waals surface area contributed by atoms with Crippen LogP contribution in [0.15, 0.2) is 48.5 Å². The number of nitrogens with one attached hydrogen (secondary N) is 1. The highest BCUT2D eigenvalue weighted by molar-refractivity contribution is 5.87. The lowest BCUT2D eigenvalue weighted by molar-refractivity contribution is -0.149. The minimum Gasteiger partial charge on any atom is -0.481 e. The summed E-state index contributed by atoms with van der Waals surface area (Å²) >= 11 is 0. The molecule has 180 valence electrons. The molecule has 0 radical (unpaired) electrons. The second kappa shape index (κ2) is 9.49. The molecule has 3 atom stereocenters. The van der Waals surface area contributed by atoms with Crippen LogP contribution in [0.25, 0.3) is 11.1 Å². The summed E-state index contributed by atoms with van der Waals surface area (Å²) in [5.74, 6) is -1.40. The maximum atomic E-state index is 13.2. The molecule has 2 amide bonds. The summed E-state index contributed by atoms with van der Waals surface area (Å²) in [4.78, 5) is 39.2. The zero-order chi connectivity index (χ0) is 24.5. The van der Waals surface area contributed by atoms with Crippen LogP contribution in [0.4, 0.5) is 4.79 Å². The molecular weight excluding hydrogens is 432 g/mol. The van der Waals surface area contributed by atoms with Crippen LogP contribution in [0.2, 0.25) is 0 Å². The maximum absolute atomic E-state index is 13.2. The number of likely N-dealkylation sites (tertiary alicyclic amines) is 1.